The van der Waals surface area contributed by atoms with E-state index in [1.54, 1.807) is 26.0 Å². The van der Waals surface area contributed by atoms with Crippen LogP contribution in [0.15, 0.2) is 82.2 Å². The Hall–Kier alpha value is -3.91. The summed E-state index contributed by atoms with van der Waals surface area (Å²) >= 11 is 0. The van der Waals surface area contributed by atoms with Gasteiger partial charge in [0.1, 0.15) is 0 Å². The normalized spacial score (nSPS) is 11.5. The van der Waals surface area contributed by atoms with Crippen molar-refractivity contribution >= 4 is 27.5 Å². The summed E-state index contributed by atoms with van der Waals surface area (Å²) in [6.07, 6.45) is 1.14. The molecule has 1 aromatic heterocycles. The summed E-state index contributed by atoms with van der Waals surface area (Å²) in [6.45, 7) is 7.79. The molecule has 0 spiro atoms. The lowest BCUT2D eigenvalue weighted by Crippen LogP contribution is -2.16. The molecule has 0 fully saturated rings. The van der Waals surface area contributed by atoms with Crippen LogP contribution in [-0.4, -0.2) is 19.5 Å². The second kappa shape index (κ2) is 11.0. The fourth-order valence-corrected chi connectivity index (χ4v) is 5.29. The summed E-state index contributed by atoms with van der Waals surface area (Å²) in [6, 6.07) is 22.0. The Labute approximate surface area is 218 Å². The summed E-state index contributed by atoms with van der Waals surface area (Å²) in [5.74, 6) is 0.393. The van der Waals surface area contributed by atoms with E-state index in [0.717, 1.165) is 17.5 Å². The SMILES string of the molecule is Cc1noc(NS(=O)(=O)c2ccc(NC(=O)Cc3ccccc3)cc2-c2ccc(CC(C)C)cc2)c1C. The molecule has 4 rings (SSSR count). The Morgan fingerprint density at radius 1 is 0.946 bits per heavy atom. The third kappa shape index (κ3) is 6.46. The predicted molar refractivity (Wildman–Crippen MR) is 146 cm³/mol. The zero-order chi connectivity index (χ0) is 26.6. The molecule has 0 unspecified atom stereocenters. The number of hydrogen-bond acceptors (Lipinski definition) is 5. The molecule has 192 valence electrons. The van der Waals surface area contributed by atoms with Crippen molar-refractivity contribution in [1.29, 1.82) is 0 Å². The Morgan fingerprint density at radius 2 is 1.65 bits per heavy atom. The van der Waals surface area contributed by atoms with E-state index in [0.29, 0.717) is 28.4 Å². The van der Waals surface area contributed by atoms with Gasteiger partial charge in [0.25, 0.3) is 10.0 Å². The molecule has 37 heavy (non-hydrogen) atoms. The number of amides is 1. The molecule has 0 radical (unpaired) electrons. The smallest absolute Gasteiger partial charge is 0.264 e. The number of anilines is 2. The standard InChI is InChI=1S/C29H31N3O4S/c1-19(2)16-23-10-12-24(13-11-23)26-18-25(30-28(33)17-22-8-6-5-7-9-22)14-15-27(26)37(34,35)32-29-20(3)21(4)31-36-29/h5-15,18-19,32H,16-17H2,1-4H3,(H,30,33). The Bertz CT molecular complexity index is 1490. The molecule has 0 saturated heterocycles. The summed E-state index contributed by atoms with van der Waals surface area (Å²) in [5, 5.41) is 6.74. The number of benzene rings is 3. The van der Waals surface area contributed by atoms with Gasteiger partial charge in [0.15, 0.2) is 0 Å². The van der Waals surface area contributed by atoms with E-state index < -0.39 is 10.0 Å². The average Bonchev–Trinajstić information content (AvgIpc) is 3.16. The quantitative estimate of drug-likeness (QED) is 0.278. The maximum Gasteiger partial charge on any atom is 0.264 e. The van der Waals surface area contributed by atoms with Crippen molar-refractivity contribution in [2.24, 2.45) is 5.92 Å². The summed E-state index contributed by atoms with van der Waals surface area (Å²) in [4.78, 5) is 12.7. The highest BCUT2D eigenvalue weighted by Crippen LogP contribution is 2.33. The highest BCUT2D eigenvalue weighted by molar-refractivity contribution is 7.92. The number of sulfonamides is 1. The number of hydrogen-bond donors (Lipinski definition) is 2. The second-order valence-electron chi connectivity index (χ2n) is 9.54. The minimum absolute atomic E-state index is 0.0682. The molecule has 0 aliphatic carbocycles. The van der Waals surface area contributed by atoms with Crippen molar-refractivity contribution in [2.75, 3.05) is 10.0 Å². The molecule has 0 atom stereocenters. The third-order valence-electron chi connectivity index (χ3n) is 6.05. The highest BCUT2D eigenvalue weighted by Gasteiger charge is 2.24. The third-order valence-corrected chi connectivity index (χ3v) is 7.44. The van der Waals surface area contributed by atoms with Gasteiger partial charge < -0.3 is 9.84 Å². The lowest BCUT2D eigenvalue weighted by Gasteiger charge is -2.15. The van der Waals surface area contributed by atoms with Crippen LogP contribution in [0.5, 0.6) is 0 Å². The zero-order valence-electron chi connectivity index (χ0n) is 21.4. The first-order valence-corrected chi connectivity index (χ1v) is 13.6. The molecule has 1 amide bonds. The van der Waals surface area contributed by atoms with Crippen LogP contribution in [-0.2, 0) is 27.7 Å². The molecule has 4 aromatic rings. The van der Waals surface area contributed by atoms with Crippen LogP contribution in [0.25, 0.3) is 11.1 Å². The predicted octanol–water partition coefficient (Wildman–Crippen LogP) is 6.14. The number of carbonyl (C=O) groups excluding carboxylic acids is 1. The van der Waals surface area contributed by atoms with E-state index in [9.17, 15) is 13.2 Å². The van der Waals surface area contributed by atoms with Crippen molar-refractivity contribution in [2.45, 2.75) is 45.4 Å². The van der Waals surface area contributed by atoms with Gasteiger partial charge in [0.2, 0.25) is 11.8 Å². The minimum Gasteiger partial charge on any atom is -0.337 e. The van der Waals surface area contributed by atoms with Gasteiger partial charge in [-0.25, -0.2) is 13.1 Å². The van der Waals surface area contributed by atoms with Crippen LogP contribution in [0.4, 0.5) is 11.6 Å². The van der Waals surface area contributed by atoms with Crippen LogP contribution >= 0.6 is 0 Å². The molecule has 8 heteroatoms. The lowest BCUT2D eigenvalue weighted by atomic mass is 9.99. The second-order valence-corrected chi connectivity index (χ2v) is 11.2. The summed E-state index contributed by atoms with van der Waals surface area (Å²) < 4.78 is 34.6. The summed E-state index contributed by atoms with van der Waals surface area (Å²) in [7, 11) is -4.02. The van der Waals surface area contributed by atoms with Gasteiger partial charge in [0, 0.05) is 16.8 Å². The molecule has 7 nitrogen and oxygen atoms in total. The number of carbonyl (C=O) groups is 1. The number of rotatable bonds is 9. The van der Waals surface area contributed by atoms with Crippen LogP contribution in [0, 0.1) is 19.8 Å². The van der Waals surface area contributed by atoms with Crippen molar-refractivity contribution in [3.8, 4) is 11.1 Å². The monoisotopic (exact) mass is 517 g/mol. The van der Waals surface area contributed by atoms with Gasteiger partial charge in [-0.05, 0) is 61.1 Å². The van der Waals surface area contributed by atoms with E-state index in [-0.39, 0.29) is 23.1 Å². The zero-order valence-corrected chi connectivity index (χ0v) is 22.2. The maximum atomic E-state index is 13.5. The van der Waals surface area contributed by atoms with Crippen molar-refractivity contribution in [3.63, 3.8) is 0 Å². The Balaban J connectivity index is 1.69. The molecule has 3 aromatic carbocycles. The number of aromatic nitrogens is 1. The van der Waals surface area contributed by atoms with Crippen LogP contribution in [0.1, 0.15) is 36.2 Å². The molecule has 1 heterocycles. The first kappa shape index (κ1) is 26.2. The maximum absolute atomic E-state index is 13.5. The van der Waals surface area contributed by atoms with E-state index in [1.807, 2.05) is 54.6 Å². The van der Waals surface area contributed by atoms with Crippen LogP contribution in [0.2, 0.25) is 0 Å². The molecule has 0 aliphatic heterocycles. The number of aryl methyl sites for hydroxylation is 1. The minimum atomic E-state index is -4.02. The largest absolute Gasteiger partial charge is 0.337 e. The van der Waals surface area contributed by atoms with Crippen LogP contribution in [0.3, 0.4) is 0 Å². The first-order chi connectivity index (χ1) is 17.6. The van der Waals surface area contributed by atoms with E-state index in [2.05, 4.69) is 29.0 Å². The van der Waals surface area contributed by atoms with Crippen molar-refractivity contribution < 1.29 is 17.7 Å². The molecule has 0 aliphatic rings. The topological polar surface area (TPSA) is 101 Å². The van der Waals surface area contributed by atoms with E-state index >= 15 is 0 Å². The first-order valence-electron chi connectivity index (χ1n) is 12.1. The molecular formula is C29H31N3O4S. The van der Waals surface area contributed by atoms with Gasteiger partial charge in [-0.2, -0.15) is 0 Å². The number of nitrogens with zero attached hydrogens (tertiary/aromatic N) is 1. The van der Waals surface area contributed by atoms with Gasteiger partial charge in [-0.1, -0.05) is 73.6 Å². The van der Waals surface area contributed by atoms with Gasteiger partial charge in [-0.3, -0.25) is 4.79 Å². The Morgan fingerprint density at radius 3 is 2.27 bits per heavy atom. The lowest BCUT2D eigenvalue weighted by molar-refractivity contribution is -0.115. The number of nitrogens with one attached hydrogen (secondary N) is 2. The fourth-order valence-electron chi connectivity index (χ4n) is 4.03. The van der Waals surface area contributed by atoms with Gasteiger partial charge in [-0.15, -0.1) is 0 Å². The van der Waals surface area contributed by atoms with Crippen molar-refractivity contribution in [1.82, 2.24) is 5.16 Å². The van der Waals surface area contributed by atoms with Crippen LogP contribution < -0.4 is 10.0 Å². The average molecular weight is 518 g/mol. The molecule has 2 N–H and O–H groups in total. The Kier molecular flexibility index (Phi) is 7.78. The highest BCUT2D eigenvalue weighted by atomic mass is 32.2. The van der Waals surface area contributed by atoms with Gasteiger partial charge in [0.05, 0.1) is 17.0 Å². The fraction of sp³-hybridized carbons (Fsp3) is 0.241. The summed E-state index contributed by atoms with van der Waals surface area (Å²) in [5.41, 5.74) is 4.98. The van der Waals surface area contributed by atoms with Crippen molar-refractivity contribution in [3.05, 3.63) is 95.2 Å². The molecule has 0 bridgehead atoms. The van der Waals surface area contributed by atoms with E-state index in [1.165, 1.54) is 11.6 Å². The van der Waals surface area contributed by atoms with E-state index in [4.69, 9.17) is 4.52 Å². The molecule has 0 saturated carbocycles. The van der Waals surface area contributed by atoms with Gasteiger partial charge >= 0.3 is 0 Å². The molecular weight excluding hydrogens is 486 g/mol.